The molecule has 0 spiro atoms. The molecule has 0 unspecified atom stereocenters. The van der Waals surface area contributed by atoms with Crippen LogP contribution in [0.3, 0.4) is 0 Å². The Hall–Kier alpha value is -3.28. The molecule has 0 aliphatic heterocycles. The molecule has 0 radical (unpaired) electrons. The Labute approximate surface area is 186 Å². The van der Waals surface area contributed by atoms with Crippen molar-refractivity contribution in [2.75, 3.05) is 0 Å². The number of hydrogen-bond acceptors (Lipinski definition) is 7. The van der Waals surface area contributed by atoms with E-state index < -0.39 is 5.54 Å². The molecule has 2 aromatic heterocycles. The van der Waals surface area contributed by atoms with Crippen LogP contribution in [0.2, 0.25) is 5.02 Å². The second-order valence-electron chi connectivity index (χ2n) is 7.46. The molecule has 1 fully saturated rings. The van der Waals surface area contributed by atoms with Gasteiger partial charge >= 0.3 is 0 Å². The van der Waals surface area contributed by atoms with Gasteiger partial charge in [0.2, 0.25) is 17.7 Å². The third-order valence-electron chi connectivity index (χ3n) is 5.07. The lowest BCUT2D eigenvalue weighted by Gasteiger charge is -2.06. The van der Waals surface area contributed by atoms with Gasteiger partial charge < -0.3 is 9.73 Å². The first-order chi connectivity index (χ1) is 15.0. The predicted octanol–water partition coefficient (Wildman–Crippen LogP) is 4.31. The molecule has 5 rings (SSSR count). The number of benzene rings is 2. The van der Waals surface area contributed by atoms with Crippen molar-refractivity contribution < 1.29 is 9.21 Å². The van der Waals surface area contributed by atoms with Crippen molar-refractivity contribution in [1.82, 2.24) is 20.5 Å². The van der Waals surface area contributed by atoms with Crippen molar-refractivity contribution in [2.24, 2.45) is 0 Å². The van der Waals surface area contributed by atoms with Crippen molar-refractivity contribution in [3.63, 3.8) is 0 Å². The van der Waals surface area contributed by atoms with Gasteiger partial charge in [-0.25, -0.2) is 4.98 Å². The molecule has 154 valence electrons. The van der Waals surface area contributed by atoms with Crippen LogP contribution in [0.1, 0.15) is 29.6 Å². The maximum atomic E-state index is 12.1. The number of aromatic nitrogens is 3. The summed E-state index contributed by atoms with van der Waals surface area (Å²) in [5, 5.41) is 21.2. The van der Waals surface area contributed by atoms with E-state index in [4.69, 9.17) is 21.3 Å². The average Bonchev–Trinajstić information content (AvgIpc) is 3.21. The molecule has 1 amide bonds. The molecule has 0 bridgehead atoms. The van der Waals surface area contributed by atoms with Gasteiger partial charge in [-0.15, -0.1) is 21.5 Å². The first-order valence-electron chi connectivity index (χ1n) is 9.71. The van der Waals surface area contributed by atoms with Crippen LogP contribution in [0, 0.1) is 11.3 Å². The molecule has 2 aromatic carbocycles. The molecular weight excluding hydrogens is 434 g/mol. The minimum absolute atomic E-state index is 0.0493. The molecule has 4 aromatic rings. The number of nitriles is 1. The number of halogens is 1. The van der Waals surface area contributed by atoms with Gasteiger partial charge in [0, 0.05) is 5.56 Å². The summed E-state index contributed by atoms with van der Waals surface area (Å²) in [6, 6.07) is 16.0. The number of carbonyl (C=O) groups is 1. The largest absolute Gasteiger partial charge is 0.424 e. The Morgan fingerprint density at radius 1 is 1.23 bits per heavy atom. The zero-order chi connectivity index (χ0) is 21.4. The summed E-state index contributed by atoms with van der Waals surface area (Å²) in [4.78, 5) is 16.7. The van der Waals surface area contributed by atoms with Crippen molar-refractivity contribution in [1.29, 1.82) is 5.26 Å². The smallest absolute Gasteiger partial charge is 0.230 e. The number of fused-ring (bicyclic) bond motifs is 1. The number of rotatable bonds is 6. The van der Waals surface area contributed by atoms with Gasteiger partial charge in [0.05, 0.1) is 27.7 Å². The van der Waals surface area contributed by atoms with Gasteiger partial charge in [0.1, 0.15) is 17.0 Å². The number of carbonyl (C=O) groups excluding carboxylic acids is 1. The number of nitrogens with zero attached hydrogens (tertiary/aromatic N) is 4. The summed E-state index contributed by atoms with van der Waals surface area (Å²) in [6.07, 6.45) is 1.68. The lowest BCUT2D eigenvalue weighted by atomic mass is 10.1. The van der Waals surface area contributed by atoms with E-state index in [1.54, 1.807) is 0 Å². The monoisotopic (exact) mass is 449 g/mol. The van der Waals surface area contributed by atoms with Crippen LogP contribution < -0.4 is 5.32 Å². The highest BCUT2D eigenvalue weighted by atomic mass is 35.5. The summed E-state index contributed by atoms with van der Waals surface area (Å²) in [5.74, 6) is 0.312. The molecular formula is C22H16ClN5O2S. The van der Waals surface area contributed by atoms with Crippen LogP contribution in [0.4, 0.5) is 0 Å². The summed E-state index contributed by atoms with van der Waals surface area (Å²) in [5.41, 5.74) is 2.12. The van der Waals surface area contributed by atoms with Gasteiger partial charge in [-0.3, -0.25) is 4.79 Å². The SMILES string of the molecule is N#CC1(NC(=O)Cc2nnc(Cc3nc4cc(Cl)c(-c5ccccc5)cc4s3)o2)CC1. The Bertz CT molecular complexity index is 1320. The maximum Gasteiger partial charge on any atom is 0.230 e. The van der Waals surface area contributed by atoms with E-state index in [0.29, 0.717) is 30.2 Å². The molecule has 9 heteroatoms. The topological polar surface area (TPSA) is 105 Å². The van der Waals surface area contributed by atoms with Crippen LogP contribution in [0.5, 0.6) is 0 Å². The predicted molar refractivity (Wildman–Crippen MR) is 117 cm³/mol. The van der Waals surface area contributed by atoms with E-state index in [1.165, 1.54) is 11.3 Å². The van der Waals surface area contributed by atoms with Gasteiger partial charge in [-0.1, -0.05) is 41.9 Å². The molecule has 1 N–H and O–H groups in total. The second-order valence-corrected chi connectivity index (χ2v) is 8.98. The molecule has 31 heavy (non-hydrogen) atoms. The van der Waals surface area contributed by atoms with Crippen molar-refractivity contribution >= 4 is 39.1 Å². The fraction of sp³-hybridized carbons (Fsp3) is 0.227. The van der Waals surface area contributed by atoms with Gasteiger partial charge in [0.25, 0.3) is 0 Å². The third-order valence-corrected chi connectivity index (χ3v) is 6.40. The minimum Gasteiger partial charge on any atom is -0.424 e. The quantitative estimate of drug-likeness (QED) is 0.470. The molecule has 1 aliphatic rings. The Kier molecular flexibility index (Phi) is 4.93. The highest BCUT2D eigenvalue weighted by Gasteiger charge is 2.44. The van der Waals surface area contributed by atoms with Gasteiger partial charge in [-0.2, -0.15) is 5.26 Å². The third kappa shape index (κ3) is 4.15. The summed E-state index contributed by atoms with van der Waals surface area (Å²) in [6.45, 7) is 0. The number of thiazole rings is 1. The average molecular weight is 450 g/mol. The molecule has 1 saturated carbocycles. The van der Waals surface area contributed by atoms with Crippen LogP contribution >= 0.6 is 22.9 Å². The molecule has 0 saturated heterocycles. The summed E-state index contributed by atoms with van der Waals surface area (Å²) >= 11 is 8.02. The Morgan fingerprint density at radius 2 is 2.00 bits per heavy atom. The zero-order valence-electron chi connectivity index (χ0n) is 16.3. The van der Waals surface area contributed by atoms with Crippen LogP contribution in [-0.2, 0) is 17.6 Å². The first kappa shape index (κ1) is 19.7. The molecule has 0 atom stereocenters. The van der Waals surface area contributed by atoms with E-state index in [0.717, 1.165) is 26.4 Å². The van der Waals surface area contributed by atoms with E-state index in [1.807, 2.05) is 42.5 Å². The van der Waals surface area contributed by atoms with Crippen LogP contribution in [-0.4, -0.2) is 26.6 Å². The normalized spacial score (nSPS) is 14.3. The fourth-order valence-electron chi connectivity index (χ4n) is 3.31. The fourth-order valence-corrected chi connectivity index (χ4v) is 4.56. The number of hydrogen-bond donors (Lipinski definition) is 1. The van der Waals surface area contributed by atoms with Crippen molar-refractivity contribution in [3.8, 4) is 17.2 Å². The zero-order valence-corrected chi connectivity index (χ0v) is 17.8. The van der Waals surface area contributed by atoms with E-state index in [9.17, 15) is 4.79 Å². The highest BCUT2D eigenvalue weighted by molar-refractivity contribution is 7.18. The molecule has 1 aliphatic carbocycles. The molecule has 7 nitrogen and oxygen atoms in total. The maximum absolute atomic E-state index is 12.1. The molecule has 2 heterocycles. The number of nitrogens with one attached hydrogen (secondary N) is 1. The lowest BCUT2D eigenvalue weighted by Crippen LogP contribution is -2.36. The van der Waals surface area contributed by atoms with Crippen LogP contribution in [0.15, 0.2) is 46.9 Å². The van der Waals surface area contributed by atoms with E-state index in [-0.39, 0.29) is 18.2 Å². The first-order valence-corrected chi connectivity index (χ1v) is 10.9. The van der Waals surface area contributed by atoms with Gasteiger partial charge in [-0.05, 0) is 30.5 Å². The minimum atomic E-state index is -0.708. The van der Waals surface area contributed by atoms with E-state index >= 15 is 0 Å². The summed E-state index contributed by atoms with van der Waals surface area (Å²) in [7, 11) is 0. The highest BCUT2D eigenvalue weighted by Crippen LogP contribution is 2.35. The van der Waals surface area contributed by atoms with Crippen molar-refractivity contribution in [2.45, 2.75) is 31.2 Å². The Balaban J connectivity index is 1.31. The Morgan fingerprint density at radius 3 is 2.74 bits per heavy atom. The summed E-state index contributed by atoms with van der Waals surface area (Å²) < 4.78 is 6.63. The standard InChI is InChI=1S/C22H16ClN5O2S/c23-15-9-16-17(8-14(15)13-4-2-1-3-5-13)31-21(25-16)11-20-28-27-19(30-20)10-18(29)26-22(12-24)6-7-22/h1-5,8-9H,6-7,10-11H2,(H,26,29). The van der Waals surface area contributed by atoms with Crippen LogP contribution in [0.25, 0.3) is 21.3 Å². The van der Waals surface area contributed by atoms with Crippen molar-refractivity contribution in [3.05, 3.63) is 64.3 Å². The second kappa shape index (κ2) is 7.76. The lowest BCUT2D eigenvalue weighted by molar-refractivity contribution is -0.121. The van der Waals surface area contributed by atoms with Gasteiger partial charge in [0.15, 0.2) is 0 Å². The number of amides is 1. The van der Waals surface area contributed by atoms with E-state index in [2.05, 4.69) is 26.6 Å².